The lowest BCUT2D eigenvalue weighted by Gasteiger charge is -2.17. The predicted octanol–water partition coefficient (Wildman–Crippen LogP) is 2.03. The Labute approximate surface area is 124 Å². The maximum Gasteiger partial charge on any atom is 0.246 e. The molecular formula is C14H20N2O4S. The van der Waals surface area contributed by atoms with Crippen molar-refractivity contribution in [1.29, 1.82) is 0 Å². The highest BCUT2D eigenvalue weighted by molar-refractivity contribution is 7.89. The smallest absolute Gasteiger partial charge is 0.246 e. The van der Waals surface area contributed by atoms with Crippen LogP contribution in [-0.2, 0) is 23.1 Å². The maximum absolute atomic E-state index is 12.8. The molecule has 0 bridgehead atoms. The second-order valence-corrected chi connectivity index (χ2v) is 6.93. The Bertz CT molecular complexity index is 702. The van der Waals surface area contributed by atoms with E-state index in [4.69, 9.17) is 8.83 Å². The summed E-state index contributed by atoms with van der Waals surface area (Å²) < 4.78 is 37.4. The van der Waals surface area contributed by atoms with E-state index < -0.39 is 10.0 Å². The molecule has 0 aliphatic rings. The Morgan fingerprint density at radius 2 is 2.00 bits per heavy atom. The summed E-state index contributed by atoms with van der Waals surface area (Å²) in [6.07, 6.45) is 3.06. The summed E-state index contributed by atoms with van der Waals surface area (Å²) in [6, 6.07) is 1.74. The SMILES string of the molecule is CNCc1c(C)oc(C)c1S(=O)(=O)N(C)Cc1ccoc1. The van der Waals surface area contributed by atoms with Gasteiger partial charge in [-0.2, -0.15) is 4.31 Å². The molecule has 116 valence electrons. The lowest BCUT2D eigenvalue weighted by atomic mass is 10.2. The van der Waals surface area contributed by atoms with Crippen LogP contribution in [-0.4, -0.2) is 26.8 Å². The molecule has 0 saturated heterocycles. The van der Waals surface area contributed by atoms with Crippen molar-refractivity contribution >= 4 is 10.0 Å². The number of hydrogen-bond donors (Lipinski definition) is 1. The van der Waals surface area contributed by atoms with Crippen molar-refractivity contribution in [2.75, 3.05) is 14.1 Å². The lowest BCUT2D eigenvalue weighted by molar-refractivity contribution is 0.456. The molecule has 2 aromatic rings. The van der Waals surface area contributed by atoms with Gasteiger partial charge in [-0.3, -0.25) is 0 Å². The first-order valence-corrected chi connectivity index (χ1v) is 8.02. The minimum atomic E-state index is -3.62. The molecule has 2 rings (SSSR count). The molecule has 0 aliphatic heterocycles. The Balaban J connectivity index is 2.39. The Hall–Kier alpha value is -1.57. The monoisotopic (exact) mass is 312 g/mol. The van der Waals surface area contributed by atoms with Gasteiger partial charge in [0.25, 0.3) is 0 Å². The van der Waals surface area contributed by atoms with E-state index in [0.717, 1.165) is 5.56 Å². The van der Waals surface area contributed by atoms with Crippen LogP contribution in [0.25, 0.3) is 0 Å². The van der Waals surface area contributed by atoms with Crippen LogP contribution in [0.5, 0.6) is 0 Å². The molecule has 7 heteroatoms. The second kappa shape index (κ2) is 6.05. The van der Waals surface area contributed by atoms with E-state index in [9.17, 15) is 8.42 Å². The molecular weight excluding hydrogens is 292 g/mol. The third-order valence-corrected chi connectivity index (χ3v) is 5.33. The molecule has 0 radical (unpaired) electrons. The largest absolute Gasteiger partial charge is 0.472 e. The average molecular weight is 312 g/mol. The minimum absolute atomic E-state index is 0.250. The van der Waals surface area contributed by atoms with Gasteiger partial charge in [-0.25, -0.2) is 8.42 Å². The van der Waals surface area contributed by atoms with Crippen LogP contribution in [0.1, 0.15) is 22.6 Å². The molecule has 21 heavy (non-hydrogen) atoms. The highest BCUT2D eigenvalue weighted by Gasteiger charge is 2.30. The number of sulfonamides is 1. The van der Waals surface area contributed by atoms with Crippen molar-refractivity contribution < 1.29 is 17.3 Å². The summed E-state index contributed by atoms with van der Waals surface area (Å²) in [7, 11) is -0.300. The molecule has 0 spiro atoms. The second-order valence-electron chi connectivity index (χ2n) is 4.95. The minimum Gasteiger partial charge on any atom is -0.472 e. The van der Waals surface area contributed by atoms with Gasteiger partial charge in [0.15, 0.2) is 0 Å². The fourth-order valence-electron chi connectivity index (χ4n) is 2.31. The van der Waals surface area contributed by atoms with E-state index in [1.165, 1.54) is 16.8 Å². The van der Waals surface area contributed by atoms with Gasteiger partial charge in [0, 0.05) is 31.3 Å². The Morgan fingerprint density at radius 3 is 2.57 bits per heavy atom. The van der Waals surface area contributed by atoms with Crippen LogP contribution >= 0.6 is 0 Å². The number of rotatable bonds is 6. The average Bonchev–Trinajstić information content (AvgIpc) is 2.99. The molecule has 2 heterocycles. The van der Waals surface area contributed by atoms with Crippen LogP contribution in [0.15, 0.2) is 32.3 Å². The van der Waals surface area contributed by atoms with Crippen molar-refractivity contribution in [3.8, 4) is 0 Å². The van der Waals surface area contributed by atoms with Crippen molar-refractivity contribution in [2.45, 2.75) is 31.8 Å². The quantitative estimate of drug-likeness (QED) is 0.883. The molecule has 0 unspecified atom stereocenters. The standard InChI is InChI=1S/C14H20N2O4S/c1-10-13(7-15-3)14(11(2)20-10)21(17,18)16(4)8-12-5-6-19-9-12/h5-6,9,15H,7-8H2,1-4H3. The van der Waals surface area contributed by atoms with Crippen LogP contribution in [0.3, 0.4) is 0 Å². The highest BCUT2D eigenvalue weighted by Crippen LogP contribution is 2.29. The Kier molecular flexibility index (Phi) is 4.55. The van der Waals surface area contributed by atoms with Gasteiger partial charge < -0.3 is 14.2 Å². The summed E-state index contributed by atoms with van der Waals surface area (Å²) in [5.74, 6) is 1.04. The molecule has 6 nitrogen and oxygen atoms in total. The van der Waals surface area contributed by atoms with E-state index >= 15 is 0 Å². The number of nitrogens with zero attached hydrogens (tertiary/aromatic N) is 1. The van der Waals surface area contributed by atoms with Gasteiger partial charge in [0.1, 0.15) is 16.4 Å². The molecule has 0 aromatic carbocycles. The summed E-state index contributed by atoms with van der Waals surface area (Å²) in [4.78, 5) is 0.250. The number of furan rings is 2. The number of aryl methyl sites for hydroxylation is 2. The van der Waals surface area contributed by atoms with E-state index in [-0.39, 0.29) is 11.4 Å². The zero-order valence-corrected chi connectivity index (χ0v) is 13.5. The van der Waals surface area contributed by atoms with E-state index in [1.54, 1.807) is 34.0 Å². The van der Waals surface area contributed by atoms with Gasteiger partial charge in [-0.1, -0.05) is 0 Å². The lowest BCUT2D eigenvalue weighted by Crippen LogP contribution is -2.28. The van der Waals surface area contributed by atoms with Gasteiger partial charge in [0.2, 0.25) is 10.0 Å². The summed E-state index contributed by atoms with van der Waals surface area (Å²) in [6.45, 7) is 4.14. The van der Waals surface area contributed by atoms with Crippen molar-refractivity contribution in [2.24, 2.45) is 0 Å². The first-order chi connectivity index (χ1) is 9.87. The number of nitrogens with one attached hydrogen (secondary N) is 1. The van der Waals surface area contributed by atoms with Crippen LogP contribution in [0.2, 0.25) is 0 Å². The molecule has 1 N–H and O–H groups in total. The Morgan fingerprint density at radius 1 is 1.29 bits per heavy atom. The molecule has 0 aliphatic carbocycles. The van der Waals surface area contributed by atoms with Gasteiger partial charge in [0.05, 0.1) is 12.5 Å². The first-order valence-electron chi connectivity index (χ1n) is 6.58. The molecule has 0 atom stereocenters. The van der Waals surface area contributed by atoms with Crippen molar-refractivity contribution in [1.82, 2.24) is 9.62 Å². The third kappa shape index (κ3) is 3.04. The van der Waals surface area contributed by atoms with Gasteiger partial charge in [-0.05, 0) is 27.0 Å². The molecule has 2 aromatic heterocycles. The third-order valence-electron chi connectivity index (χ3n) is 3.33. The zero-order valence-electron chi connectivity index (χ0n) is 12.6. The van der Waals surface area contributed by atoms with Crippen molar-refractivity contribution in [3.05, 3.63) is 41.2 Å². The zero-order chi connectivity index (χ0) is 15.6. The van der Waals surface area contributed by atoms with E-state index in [2.05, 4.69) is 5.32 Å². The number of hydrogen-bond acceptors (Lipinski definition) is 5. The molecule has 0 amide bonds. The van der Waals surface area contributed by atoms with Crippen LogP contribution in [0, 0.1) is 13.8 Å². The fraction of sp³-hybridized carbons (Fsp3) is 0.429. The molecule has 0 fully saturated rings. The van der Waals surface area contributed by atoms with Crippen LogP contribution in [0.4, 0.5) is 0 Å². The predicted molar refractivity (Wildman–Crippen MR) is 78.3 cm³/mol. The molecule has 0 saturated carbocycles. The highest BCUT2D eigenvalue weighted by atomic mass is 32.2. The normalized spacial score (nSPS) is 12.2. The van der Waals surface area contributed by atoms with E-state index in [1.807, 2.05) is 0 Å². The van der Waals surface area contributed by atoms with Gasteiger partial charge >= 0.3 is 0 Å². The first kappa shape index (κ1) is 15.8. The maximum atomic E-state index is 12.8. The van der Waals surface area contributed by atoms with Crippen LogP contribution < -0.4 is 5.32 Å². The fourth-order valence-corrected chi connectivity index (χ4v) is 3.87. The summed E-state index contributed by atoms with van der Waals surface area (Å²) in [5, 5.41) is 2.98. The van der Waals surface area contributed by atoms with E-state index in [0.29, 0.717) is 23.6 Å². The van der Waals surface area contributed by atoms with Crippen molar-refractivity contribution in [3.63, 3.8) is 0 Å². The summed E-state index contributed by atoms with van der Waals surface area (Å²) >= 11 is 0. The van der Waals surface area contributed by atoms with Gasteiger partial charge in [-0.15, -0.1) is 0 Å². The topological polar surface area (TPSA) is 75.7 Å². The summed E-state index contributed by atoms with van der Waals surface area (Å²) in [5.41, 5.74) is 1.48.